The molecule has 1 saturated carbocycles. The van der Waals surface area contributed by atoms with E-state index in [0.29, 0.717) is 11.3 Å². The minimum atomic E-state index is -0.115. The molecule has 0 spiro atoms. The fraction of sp³-hybridized carbons (Fsp3) is 0.500. The molecule has 0 radical (unpaired) electrons. The number of aliphatic hydroxyl groups excluding tert-OH is 1. The third kappa shape index (κ3) is 2.26. The van der Waals surface area contributed by atoms with Crippen LogP contribution in [-0.4, -0.2) is 27.5 Å². The Morgan fingerprint density at radius 2 is 2.00 bits per heavy atom. The number of rotatable bonds is 1. The van der Waals surface area contributed by atoms with E-state index < -0.39 is 0 Å². The molecule has 0 amide bonds. The van der Waals surface area contributed by atoms with Crippen molar-refractivity contribution < 1.29 is 5.11 Å². The van der Waals surface area contributed by atoms with Crippen LogP contribution in [0.25, 0.3) is 0 Å². The average molecular weight is 247 g/mol. The van der Waals surface area contributed by atoms with E-state index in [-0.39, 0.29) is 6.10 Å². The summed E-state index contributed by atoms with van der Waals surface area (Å²) in [4.78, 5) is 4.81. The maximum Gasteiger partial charge on any atom is 0.0984 e. The summed E-state index contributed by atoms with van der Waals surface area (Å²) in [6.07, 6.45) is 2.73. The van der Waals surface area contributed by atoms with Crippen LogP contribution in [0.1, 0.15) is 30.4 Å². The van der Waals surface area contributed by atoms with Crippen LogP contribution in [0.4, 0.5) is 0 Å². The SMILES string of the molecule is Cc1ccc(C2=NC3CCC(O)CC3S2)cc1. The number of aryl methyl sites for hydroxylation is 1. The molecule has 2 nitrogen and oxygen atoms in total. The van der Waals surface area contributed by atoms with E-state index in [4.69, 9.17) is 4.99 Å². The Bertz CT molecular complexity index is 440. The second-order valence-corrected chi connectivity index (χ2v) is 6.22. The summed E-state index contributed by atoms with van der Waals surface area (Å²) in [5, 5.41) is 11.3. The van der Waals surface area contributed by atoms with Crippen LogP contribution < -0.4 is 0 Å². The lowest BCUT2D eigenvalue weighted by Gasteiger charge is -2.26. The maximum absolute atomic E-state index is 9.69. The van der Waals surface area contributed by atoms with Gasteiger partial charge in [0.25, 0.3) is 0 Å². The van der Waals surface area contributed by atoms with E-state index in [9.17, 15) is 5.11 Å². The molecule has 17 heavy (non-hydrogen) atoms. The van der Waals surface area contributed by atoms with Gasteiger partial charge in [-0.2, -0.15) is 0 Å². The summed E-state index contributed by atoms with van der Waals surface area (Å²) in [5.41, 5.74) is 2.51. The highest BCUT2D eigenvalue weighted by molar-refractivity contribution is 8.15. The van der Waals surface area contributed by atoms with Crippen LogP contribution >= 0.6 is 11.8 Å². The van der Waals surface area contributed by atoms with Gasteiger partial charge in [0.05, 0.1) is 17.2 Å². The molecule has 0 saturated heterocycles. The summed E-state index contributed by atoms with van der Waals surface area (Å²) >= 11 is 1.85. The van der Waals surface area contributed by atoms with Gasteiger partial charge in [-0.15, -0.1) is 11.8 Å². The van der Waals surface area contributed by atoms with Crippen LogP contribution in [0.2, 0.25) is 0 Å². The van der Waals surface area contributed by atoms with Gasteiger partial charge < -0.3 is 5.11 Å². The normalized spacial score (nSPS) is 32.1. The quantitative estimate of drug-likeness (QED) is 0.827. The lowest BCUT2D eigenvalue weighted by molar-refractivity contribution is 0.127. The van der Waals surface area contributed by atoms with E-state index in [0.717, 1.165) is 24.3 Å². The molecule has 0 bridgehead atoms. The minimum absolute atomic E-state index is 0.115. The van der Waals surface area contributed by atoms with Crippen molar-refractivity contribution in [1.29, 1.82) is 0 Å². The number of aliphatic imine (C=N–C) groups is 1. The number of fused-ring (bicyclic) bond motifs is 1. The molecule has 3 rings (SSSR count). The molecule has 3 atom stereocenters. The first-order chi connectivity index (χ1) is 8.22. The van der Waals surface area contributed by atoms with Gasteiger partial charge in [-0.3, -0.25) is 4.99 Å². The van der Waals surface area contributed by atoms with E-state index >= 15 is 0 Å². The third-order valence-electron chi connectivity index (χ3n) is 3.57. The van der Waals surface area contributed by atoms with Crippen molar-refractivity contribution in [3.63, 3.8) is 0 Å². The standard InChI is InChI=1S/C14H17NOS/c1-9-2-4-10(5-3-9)14-15-12-7-6-11(16)8-13(12)17-14/h2-5,11-13,16H,6-8H2,1H3. The van der Waals surface area contributed by atoms with Crippen LogP contribution in [0.3, 0.4) is 0 Å². The van der Waals surface area contributed by atoms with Crippen molar-refractivity contribution in [2.75, 3.05) is 0 Å². The zero-order valence-corrected chi connectivity index (χ0v) is 10.8. The summed E-state index contributed by atoms with van der Waals surface area (Å²) in [6.45, 7) is 2.10. The van der Waals surface area contributed by atoms with Crippen LogP contribution in [0.5, 0.6) is 0 Å². The van der Waals surface area contributed by atoms with Gasteiger partial charge in [0.2, 0.25) is 0 Å². The molecular formula is C14H17NOS. The van der Waals surface area contributed by atoms with Crippen molar-refractivity contribution in [3.8, 4) is 0 Å². The van der Waals surface area contributed by atoms with Gasteiger partial charge >= 0.3 is 0 Å². The molecule has 3 heteroatoms. The predicted octanol–water partition coefficient (Wildman–Crippen LogP) is 2.77. The molecule has 1 aromatic carbocycles. The molecule has 1 aliphatic heterocycles. The average Bonchev–Trinajstić information content (AvgIpc) is 2.72. The van der Waals surface area contributed by atoms with Gasteiger partial charge in [-0.25, -0.2) is 0 Å². The molecule has 1 heterocycles. The van der Waals surface area contributed by atoms with Gasteiger partial charge in [-0.1, -0.05) is 29.8 Å². The van der Waals surface area contributed by atoms with Gasteiger partial charge in [0, 0.05) is 10.8 Å². The molecule has 3 unspecified atom stereocenters. The van der Waals surface area contributed by atoms with Gasteiger partial charge in [0.15, 0.2) is 0 Å². The minimum Gasteiger partial charge on any atom is -0.393 e. The third-order valence-corrected chi connectivity index (χ3v) is 4.95. The van der Waals surface area contributed by atoms with Crippen molar-refractivity contribution in [2.45, 2.75) is 43.6 Å². The Hall–Kier alpha value is -0.800. The first-order valence-electron chi connectivity index (χ1n) is 6.22. The fourth-order valence-corrected chi connectivity index (χ4v) is 3.96. The first-order valence-corrected chi connectivity index (χ1v) is 7.10. The van der Waals surface area contributed by atoms with E-state index in [1.54, 1.807) is 0 Å². The number of hydrogen-bond donors (Lipinski definition) is 1. The van der Waals surface area contributed by atoms with Crippen molar-refractivity contribution in [3.05, 3.63) is 35.4 Å². The Morgan fingerprint density at radius 1 is 1.24 bits per heavy atom. The van der Waals surface area contributed by atoms with Crippen molar-refractivity contribution in [1.82, 2.24) is 0 Å². The van der Waals surface area contributed by atoms with Crippen LogP contribution in [-0.2, 0) is 0 Å². The lowest BCUT2D eigenvalue weighted by Crippen LogP contribution is -2.30. The van der Waals surface area contributed by atoms with E-state index in [1.165, 1.54) is 11.1 Å². The van der Waals surface area contributed by atoms with E-state index in [1.807, 2.05) is 11.8 Å². The van der Waals surface area contributed by atoms with Crippen LogP contribution in [0.15, 0.2) is 29.3 Å². The second kappa shape index (κ2) is 4.46. The first kappa shape index (κ1) is 11.3. The smallest absolute Gasteiger partial charge is 0.0984 e. The van der Waals surface area contributed by atoms with E-state index in [2.05, 4.69) is 31.2 Å². The van der Waals surface area contributed by atoms with Gasteiger partial charge in [-0.05, 0) is 26.2 Å². The highest BCUT2D eigenvalue weighted by atomic mass is 32.2. The zero-order valence-electron chi connectivity index (χ0n) is 9.97. The highest BCUT2D eigenvalue weighted by Gasteiger charge is 2.35. The largest absolute Gasteiger partial charge is 0.393 e. The topological polar surface area (TPSA) is 32.6 Å². The zero-order chi connectivity index (χ0) is 11.8. The summed E-state index contributed by atoms with van der Waals surface area (Å²) in [7, 11) is 0. The van der Waals surface area contributed by atoms with Crippen LogP contribution in [0, 0.1) is 6.92 Å². The number of nitrogens with zero attached hydrogens (tertiary/aromatic N) is 1. The predicted molar refractivity (Wildman–Crippen MR) is 72.7 cm³/mol. The van der Waals surface area contributed by atoms with Crippen molar-refractivity contribution >= 4 is 16.8 Å². The number of hydrogen-bond acceptors (Lipinski definition) is 3. The Labute approximate surface area is 106 Å². The maximum atomic E-state index is 9.69. The fourth-order valence-electron chi connectivity index (χ4n) is 2.53. The highest BCUT2D eigenvalue weighted by Crippen LogP contribution is 2.39. The molecule has 1 fully saturated rings. The number of benzene rings is 1. The second-order valence-electron chi connectivity index (χ2n) is 4.99. The molecule has 90 valence electrons. The number of aliphatic hydroxyl groups is 1. The molecular weight excluding hydrogens is 230 g/mol. The molecule has 1 aliphatic carbocycles. The Morgan fingerprint density at radius 3 is 2.76 bits per heavy atom. The Balaban J connectivity index is 1.80. The molecule has 0 aromatic heterocycles. The molecule has 1 aromatic rings. The summed E-state index contributed by atoms with van der Waals surface area (Å²) in [5.74, 6) is 0. The van der Waals surface area contributed by atoms with Gasteiger partial charge in [0.1, 0.15) is 0 Å². The summed E-state index contributed by atoms with van der Waals surface area (Å²) in [6, 6.07) is 8.99. The monoisotopic (exact) mass is 247 g/mol. The lowest BCUT2D eigenvalue weighted by atomic mass is 9.93. The molecule has 1 N–H and O–H groups in total. The molecule has 2 aliphatic rings. The summed E-state index contributed by atoms with van der Waals surface area (Å²) < 4.78 is 0. The number of thioether (sulfide) groups is 1. The Kier molecular flexibility index (Phi) is 2.97. The van der Waals surface area contributed by atoms with Crippen molar-refractivity contribution in [2.24, 2.45) is 4.99 Å².